The third-order valence-electron chi connectivity index (χ3n) is 4.67. The summed E-state index contributed by atoms with van der Waals surface area (Å²) in [5.41, 5.74) is 0.794. The number of carbonyl (C=O) groups is 1. The van der Waals surface area contributed by atoms with E-state index >= 15 is 0 Å². The number of nitrogens with one attached hydrogen (secondary N) is 1. The van der Waals surface area contributed by atoms with Gasteiger partial charge in [-0.1, -0.05) is 0 Å². The summed E-state index contributed by atoms with van der Waals surface area (Å²) < 4.78 is 28.5. The molecule has 1 aromatic carbocycles. The van der Waals surface area contributed by atoms with Crippen LogP contribution in [0.1, 0.15) is 18.5 Å². The number of hydrogen-bond acceptors (Lipinski definition) is 5. The van der Waals surface area contributed by atoms with Crippen molar-refractivity contribution in [1.29, 1.82) is 0 Å². The standard InChI is InChI=1S/C18H18F2N6O/c1-11-7-16(26-18(23-11)21-10-22-26)25-6-2-3-12(9-25)17(27)24-15-5-4-13(19)8-14(15)20/h4-5,7-8,10,12H,2-3,6,9H2,1H3,(H,24,27)/t12-/m0/s1. The Hall–Kier alpha value is -3.10. The van der Waals surface area contributed by atoms with Gasteiger partial charge in [-0.15, -0.1) is 0 Å². The smallest absolute Gasteiger partial charge is 0.254 e. The molecule has 140 valence electrons. The first-order chi connectivity index (χ1) is 13.0. The van der Waals surface area contributed by atoms with E-state index in [0.29, 0.717) is 18.7 Å². The topological polar surface area (TPSA) is 75.4 Å². The molecular formula is C18H18F2N6O. The molecule has 1 aliphatic rings. The van der Waals surface area contributed by atoms with Gasteiger partial charge < -0.3 is 10.2 Å². The molecule has 1 amide bonds. The van der Waals surface area contributed by atoms with E-state index in [1.54, 1.807) is 4.52 Å². The van der Waals surface area contributed by atoms with Crippen molar-refractivity contribution in [1.82, 2.24) is 19.6 Å². The largest absolute Gasteiger partial charge is 0.356 e. The van der Waals surface area contributed by atoms with Crippen LogP contribution in [0.2, 0.25) is 0 Å². The Morgan fingerprint density at radius 3 is 2.96 bits per heavy atom. The lowest BCUT2D eigenvalue weighted by molar-refractivity contribution is -0.120. The van der Waals surface area contributed by atoms with Crippen LogP contribution in [0.5, 0.6) is 0 Å². The van der Waals surface area contributed by atoms with Crippen LogP contribution in [0, 0.1) is 24.5 Å². The maximum atomic E-state index is 13.8. The minimum atomic E-state index is -0.787. The van der Waals surface area contributed by atoms with E-state index in [9.17, 15) is 13.6 Å². The zero-order chi connectivity index (χ0) is 19.0. The third kappa shape index (κ3) is 3.44. The molecule has 27 heavy (non-hydrogen) atoms. The number of hydrogen-bond donors (Lipinski definition) is 1. The van der Waals surface area contributed by atoms with Crippen LogP contribution in [0.3, 0.4) is 0 Å². The molecule has 1 N–H and O–H groups in total. The number of piperidine rings is 1. The molecule has 3 aromatic rings. The first-order valence-electron chi connectivity index (χ1n) is 8.69. The van der Waals surface area contributed by atoms with Gasteiger partial charge in [-0.2, -0.15) is 14.6 Å². The lowest BCUT2D eigenvalue weighted by Crippen LogP contribution is -2.41. The lowest BCUT2D eigenvalue weighted by Gasteiger charge is -2.33. The highest BCUT2D eigenvalue weighted by molar-refractivity contribution is 5.93. The van der Waals surface area contributed by atoms with Crippen LogP contribution < -0.4 is 10.2 Å². The summed E-state index contributed by atoms with van der Waals surface area (Å²) >= 11 is 0. The number of benzene rings is 1. The maximum absolute atomic E-state index is 13.8. The molecule has 0 spiro atoms. The summed E-state index contributed by atoms with van der Waals surface area (Å²) in [6.45, 7) is 3.11. The van der Waals surface area contributed by atoms with Crippen molar-refractivity contribution in [3.8, 4) is 0 Å². The van der Waals surface area contributed by atoms with Gasteiger partial charge >= 0.3 is 0 Å². The first kappa shape index (κ1) is 17.3. The van der Waals surface area contributed by atoms with Crippen LogP contribution in [-0.4, -0.2) is 38.6 Å². The van der Waals surface area contributed by atoms with E-state index < -0.39 is 11.6 Å². The van der Waals surface area contributed by atoms with Crippen LogP contribution in [0.4, 0.5) is 20.3 Å². The van der Waals surface area contributed by atoms with Gasteiger partial charge in [0.1, 0.15) is 23.8 Å². The zero-order valence-electron chi connectivity index (χ0n) is 14.7. The molecule has 1 aliphatic heterocycles. The van der Waals surface area contributed by atoms with Crippen LogP contribution >= 0.6 is 0 Å². The van der Waals surface area contributed by atoms with Gasteiger partial charge in [-0.3, -0.25) is 4.79 Å². The Balaban J connectivity index is 1.53. The van der Waals surface area contributed by atoms with Crippen LogP contribution in [-0.2, 0) is 4.79 Å². The van der Waals surface area contributed by atoms with Gasteiger partial charge in [0.15, 0.2) is 0 Å². The normalized spacial score (nSPS) is 17.3. The monoisotopic (exact) mass is 372 g/mol. The molecule has 0 radical (unpaired) electrons. The van der Waals surface area contributed by atoms with Crippen molar-refractivity contribution in [2.24, 2.45) is 5.92 Å². The molecule has 0 saturated carbocycles. The molecule has 0 unspecified atom stereocenters. The van der Waals surface area contributed by atoms with Gasteiger partial charge in [-0.25, -0.2) is 13.8 Å². The van der Waals surface area contributed by atoms with Crippen molar-refractivity contribution < 1.29 is 13.6 Å². The average molecular weight is 372 g/mol. The highest BCUT2D eigenvalue weighted by Gasteiger charge is 2.28. The summed E-state index contributed by atoms with van der Waals surface area (Å²) in [6.07, 6.45) is 2.94. The van der Waals surface area contributed by atoms with Crippen molar-refractivity contribution in [3.63, 3.8) is 0 Å². The average Bonchev–Trinajstić information content (AvgIpc) is 3.11. The molecule has 1 fully saturated rings. The molecule has 4 rings (SSSR count). The predicted molar refractivity (Wildman–Crippen MR) is 95.4 cm³/mol. The summed E-state index contributed by atoms with van der Waals surface area (Å²) in [7, 11) is 0. The number of rotatable bonds is 3. The molecule has 3 heterocycles. The predicted octanol–water partition coefficient (Wildman–Crippen LogP) is 2.57. The summed E-state index contributed by atoms with van der Waals surface area (Å²) in [4.78, 5) is 23.1. The first-order valence-corrected chi connectivity index (χ1v) is 8.69. The Kier molecular flexibility index (Phi) is 4.43. The Bertz CT molecular complexity index is 1000. The number of aromatic nitrogens is 4. The fraction of sp³-hybridized carbons (Fsp3) is 0.333. The molecule has 9 heteroatoms. The molecule has 1 atom stereocenters. The van der Waals surface area contributed by atoms with Gasteiger partial charge in [-0.05, 0) is 31.9 Å². The van der Waals surface area contributed by atoms with Gasteiger partial charge in [0, 0.05) is 30.9 Å². The van der Waals surface area contributed by atoms with Gasteiger partial charge in [0.25, 0.3) is 5.78 Å². The van der Waals surface area contributed by atoms with Crippen molar-refractivity contribution in [2.45, 2.75) is 19.8 Å². The Morgan fingerprint density at radius 2 is 2.15 bits per heavy atom. The van der Waals surface area contributed by atoms with Crippen LogP contribution in [0.15, 0.2) is 30.6 Å². The van der Waals surface area contributed by atoms with Gasteiger partial charge in [0.05, 0.1) is 11.6 Å². The molecule has 1 saturated heterocycles. The number of aryl methyl sites for hydroxylation is 1. The number of anilines is 2. The minimum Gasteiger partial charge on any atom is -0.356 e. The second-order valence-corrected chi connectivity index (χ2v) is 6.63. The SMILES string of the molecule is Cc1cc(N2CCC[C@H](C(=O)Nc3ccc(F)cc3F)C2)n2ncnc2n1. The molecular weight excluding hydrogens is 354 g/mol. The van der Waals surface area contributed by atoms with E-state index in [4.69, 9.17) is 0 Å². The minimum absolute atomic E-state index is 0.0167. The summed E-state index contributed by atoms with van der Waals surface area (Å²) in [5.74, 6) is -0.754. The number of fused-ring (bicyclic) bond motifs is 1. The Labute approximate surface area is 154 Å². The fourth-order valence-corrected chi connectivity index (χ4v) is 3.36. The van der Waals surface area contributed by atoms with Crippen molar-refractivity contribution in [2.75, 3.05) is 23.3 Å². The number of halogens is 2. The fourth-order valence-electron chi connectivity index (χ4n) is 3.36. The molecule has 0 bridgehead atoms. The summed E-state index contributed by atoms with van der Waals surface area (Å²) in [5, 5.41) is 6.78. The number of amides is 1. The molecule has 7 nitrogen and oxygen atoms in total. The zero-order valence-corrected chi connectivity index (χ0v) is 14.7. The van der Waals surface area contributed by atoms with E-state index in [0.717, 1.165) is 36.6 Å². The van der Waals surface area contributed by atoms with E-state index in [1.165, 1.54) is 12.4 Å². The van der Waals surface area contributed by atoms with E-state index in [1.807, 2.05) is 13.0 Å². The number of carbonyl (C=O) groups excluding carboxylic acids is 1. The van der Waals surface area contributed by atoms with Crippen molar-refractivity contribution in [3.05, 3.63) is 47.9 Å². The lowest BCUT2D eigenvalue weighted by atomic mass is 9.97. The molecule has 0 aliphatic carbocycles. The van der Waals surface area contributed by atoms with Crippen LogP contribution in [0.25, 0.3) is 5.78 Å². The van der Waals surface area contributed by atoms with E-state index in [2.05, 4.69) is 25.3 Å². The number of nitrogens with zero attached hydrogens (tertiary/aromatic N) is 5. The highest BCUT2D eigenvalue weighted by Crippen LogP contribution is 2.25. The second kappa shape index (κ2) is 6.90. The Morgan fingerprint density at radius 1 is 1.30 bits per heavy atom. The third-order valence-corrected chi connectivity index (χ3v) is 4.67. The quantitative estimate of drug-likeness (QED) is 0.765. The van der Waals surface area contributed by atoms with E-state index in [-0.39, 0.29) is 17.5 Å². The highest BCUT2D eigenvalue weighted by atomic mass is 19.1. The second-order valence-electron chi connectivity index (χ2n) is 6.63. The van der Waals surface area contributed by atoms with Crippen molar-refractivity contribution >= 4 is 23.2 Å². The van der Waals surface area contributed by atoms with Gasteiger partial charge in [0.2, 0.25) is 5.91 Å². The summed E-state index contributed by atoms with van der Waals surface area (Å²) in [6, 6.07) is 5.01. The molecule has 2 aromatic heterocycles. The maximum Gasteiger partial charge on any atom is 0.254 e.